The van der Waals surface area contributed by atoms with Gasteiger partial charge in [0.15, 0.2) is 0 Å². The number of methoxy groups -OCH3 is 1. The van der Waals surface area contributed by atoms with Gasteiger partial charge in [0, 0.05) is 11.6 Å². The predicted octanol–water partition coefficient (Wildman–Crippen LogP) is 2.52. The second kappa shape index (κ2) is 5.53. The van der Waals surface area contributed by atoms with Crippen LogP contribution in [0.5, 0.6) is 11.6 Å². The van der Waals surface area contributed by atoms with E-state index < -0.39 is 18.9 Å². The van der Waals surface area contributed by atoms with Crippen molar-refractivity contribution in [3.8, 4) is 17.7 Å². The lowest BCUT2D eigenvalue weighted by atomic mass is 10.1. The van der Waals surface area contributed by atoms with Crippen LogP contribution in [0.25, 0.3) is 0 Å². The Morgan fingerprint density at radius 1 is 1.44 bits per heavy atom. The molecule has 0 fully saturated rings. The van der Waals surface area contributed by atoms with E-state index in [0.29, 0.717) is 0 Å². The molecule has 0 N–H and O–H groups in total. The van der Waals surface area contributed by atoms with Crippen molar-refractivity contribution in [1.82, 2.24) is 4.98 Å². The molecule has 0 atom stereocenters. The molecule has 1 rings (SSSR count). The van der Waals surface area contributed by atoms with Gasteiger partial charge in [0.2, 0.25) is 5.88 Å². The molecule has 0 aliphatic rings. The Bertz CT molecular complexity index is 468. The van der Waals surface area contributed by atoms with Crippen molar-refractivity contribution in [3.63, 3.8) is 0 Å². The molecule has 0 aliphatic heterocycles. The maximum atomic E-state index is 12.6. The summed E-state index contributed by atoms with van der Waals surface area (Å²) in [5.74, 6) is -0.866. The number of pyridine rings is 1. The highest BCUT2D eigenvalue weighted by Crippen LogP contribution is 2.30. The van der Waals surface area contributed by atoms with E-state index in [1.165, 1.54) is 7.11 Å². The third kappa shape index (κ3) is 3.48. The van der Waals surface area contributed by atoms with Crippen LogP contribution in [0, 0.1) is 11.3 Å². The summed E-state index contributed by atoms with van der Waals surface area (Å²) in [4.78, 5) is 3.34. The minimum Gasteiger partial charge on any atom is -0.494 e. The van der Waals surface area contributed by atoms with Gasteiger partial charge in [0.1, 0.15) is 18.1 Å². The van der Waals surface area contributed by atoms with E-state index in [9.17, 15) is 17.6 Å². The second-order valence-electron chi connectivity index (χ2n) is 3.12. The van der Waals surface area contributed by atoms with Crippen molar-refractivity contribution in [2.45, 2.75) is 19.5 Å². The molecule has 4 nitrogen and oxygen atoms in total. The Labute approximate surface area is 99.8 Å². The molecule has 8 heteroatoms. The van der Waals surface area contributed by atoms with E-state index in [4.69, 9.17) is 10.00 Å². The van der Waals surface area contributed by atoms with Crippen molar-refractivity contribution >= 4 is 0 Å². The topological polar surface area (TPSA) is 55.1 Å². The minimum atomic E-state index is -4.93. The van der Waals surface area contributed by atoms with E-state index in [-0.39, 0.29) is 23.4 Å². The lowest BCUT2D eigenvalue weighted by Gasteiger charge is -2.13. The van der Waals surface area contributed by atoms with Crippen LogP contribution in [0.2, 0.25) is 0 Å². The van der Waals surface area contributed by atoms with Crippen LogP contribution in [-0.2, 0) is 13.1 Å². The number of alkyl halides is 4. The summed E-state index contributed by atoms with van der Waals surface area (Å²) in [6.45, 7) is -1.13. The molecular formula is C10H8F4N2O2. The van der Waals surface area contributed by atoms with E-state index >= 15 is 0 Å². The summed E-state index contributed by atoms with van der Waals surface area (Å²) >= 11 is 0. The number of aromatic nitrogens is 1. The van der Waals surface area contributed by atoms with Crippen molar-refractivity contribution in [2.75, 3.05) is 7.11 Å². The van der Waals surface area contributed by atoms with Gasteiger partial charge >= 0.3 is 6.36 Å². The predicted molar refractivity (Wildman–Crippen MR) is 51.6 cm³/mol. The van der Waals surface area contributed by atoms with Crippen LogP contribution in [0.1, 0.15) is 11.3 Å². The Balaban J connectivity index is 3.23. The fourth-order valence-electron chi connectivity index (χ4n) is 1.34. The summed E-state index contributed by atoms with van der Waals surface area (Å²) < 4.78 is 57.1. The first-order valence-electron chi connectivity index (χ1n) is 4.66. The molecule has 0 radical (unpaired) electrons. The van der Waals surface area contributed by atoms with Gasteiger partial charge in [-0.2, -0.15) is 5.26 Å². The molecule has 1 aromatic rings. The third-order valence-electron chi connectivity index (χ3n) is 1.92. The minimum absolute atomic E-state index is 0.0476. The number of nitrogens with zero attached hydrogens (tertiary/aromatic N) is 2. The molecule has 0 aromatic carbocycles. The standard InChI is InChI=1S/C10H8F4N2O2/c1-17-9-6(2-3-15)4-8(16-7(9)5-11)18-10(12,13)14/h4H,2,5H2,1H3. The number of rotatable bonds is 4. The molecule has 0 saturated heterocycles. The van der Waals surface area contributed by atoms with E-state index in [1.807, 2.05) is 0 Å². The van der Waals surface area contributed by atoms with Crippen LogP contribution in [-0.4, -0.2) is 18.5 Å². The highest BCUT2D eigenvalue weighted by atomic mass is 19.4. The first-order valence-corrected chi connectivity index (χ1v) is 4.66. The normalized spacial score (nSPS) is 10.9. The number of ether oxygens (including phenoxy) is 2. The van der Waals surface area contributed by atoms with Crippen LogP contribution < -0.4 is 9.47 Å². The smallest absolute Gasteiger partial charge is 0.494 e. The highest BCUT2D eigenvalue weighted by Gasteiger charge is 2.32. The second-order valence-corrected chi connectivity index (χ2v) is 3.12. The lowest BCUT2D eigenvalue weighted by Crippen LogP contribution is -2.18. The Hall–Kier alpha value is -2.04. The summed E-state index contributed by atoms with van der Waals surface area (Å²) in [6.07, 6.45) is -5.17. The van der Waals surface area contributed by atoms with E-state index in [1.54, 1.807) is 6.07 Å². The summed E-state index contributed by atoms with van der Waals surface area (Å²) in [7, 11) is 1.21. The van der Waals surface area contributed by atoms with E-state index in [0.717, 1.165) is 6.07 Å². The summed E-state index contributed by atoms with van der Waals surface area (Å²) in [5.41, 5.74) is -0.258. The molecule has 18 heavy (non-hydrogen) atoms. The van der Waals surface area contributed by atoms with Gasteiger partial charge in [-0.25, -0.2) is 9.37 Å². The molecule has 1 heterocycles. The molecule has 1 aromatic heterocycles. The molecule has 98 valence electrons. The molecule has 0 saturated carbocycles. The number of hydrogen-bond acceptors (Lipinski definition) is 4. The van der Waals surface area contributed by atoms with Gasteiger partial charge in [-0.1, -0.05) is 0 Å². The van der Waals surface area contributed by atoms with Gasteiger partial charge in [0.25, 0.3) is 0 Å². The summed E-state index contributed by atoms with van der Waals surface area (Å²) in [5, 5.41) is 8.54. The quantitative estimate of drug-likeness (QED) is 0.784. The average molecular weight is 264 g/mol. The van der Waals surface area contributed by atoms with Crippen LogP contribution in [0.15, 0.2) is 6.07 Å². The van der Waals surface area contributed by atoms with Gasteiger partial charge in [-0.15, -0.1) is 13.2 Å². The van der Waals surface area contributed by atoms with Gasteiger partial charge < -0.3 is 9.47 Å². The Morgan fingerprint density at radius 2 is 2.11 bits per heavy atom. The van der Waals surface area contributed by atoms with Gasteiger partial charge in [0.05, 0.1) is 19.6 Å². The summed E-state index contributed by atoms with van der Waals surface area (Å²) in [6, 6.07) is 2.63. The Kier molecular flexibility index (Phi) is 4.31. The maximum Gasteiger partial charge on any atom is 0.574 e. The monoisotopic (exact) mass is 264 g/mol. The molecular weight excluding hydrogens is 256 g/mol. The number of halogens is 4. The zero-order valence-corrected chi connectivity index (χ0v) is 9.21. The molecule has 0 aliphatic carbocycles. The number of hydrogen-bond donors (Lipinski definition) is 0. The molecule has 0 unspecified atom stereocenters. The van der Waals surface area contributed by atoms with Crippen molar-refractivity contribution in [2.24, 2.45) is 0 Å². The molecule has 0 bridgehead atoms. The zero-order valence-electron chi connectivity index (χ0n) is 9.21. The maximum absolute atomic E-state index is 12.6. The first-order chi connectivity index (χ1) is 8.41. The van der Waals surface area contributed by atoms with Gasteiger partial charge in [-0.05, 0) is 0 Å². The van der Waals surface area contributed by atoms with Crippen molar-refractivity contribution in [3.05, 3.63) is 17.3 Å². The SMILES string of the molecule is COc1c(CC#N)cc(OC(F)(F)F)nc1CF. The highest BCUT2D eigenvalue weighted by molar-refractivity contribution is 5.42. The van der Waals surface area contributed by atoms with E-state index in [2.05, 4.69) is 9.72 Å². The third-order valence-corrected chi connectivity index (χ3v) is 1.92. The fraction of sp³-hybridized carbons (Fsp3) is 0.400. The zero-order chi connectivity index (χ0) is 13.8. The molecule has 0 amide bonds. The van der Waals surface area contributed by atoms with Crippen molar-refractivity contribution < 1.29 is 27.0 Å². The van der Waals surface area contributed by atoms with Crippen LogP contribution in [0.3, 0.4) is 0 Å². The number of nitriles is 1. The van der Waals surface area contributed by atoms with Gasteiger partial charge in [-0.3, -0.25) is 0 Å². The average Bonchev–Trinajstić information content (AvgIpc) is 2.26. The van der Waals surface area contributed by atoms with Crippen LogP contribution in [0.4, 0.5) is 17.6 Å². The molecule has 0 spiro atoms. The largest absolute Gasteiger partial charge is 0.574 e. The van der Waals surface area contributed by atoms with Crippen molar-refractivity contribution in [1.29, 1.82) is 5.26 Å². The van der Waals surface area contributed by atoms with Crippen LogP contribution >= 0.6 is 0 Å². The lowest BCUT2D eigenvalue weighted by molar-refractivity contribution is -0.276. The fourth-order valence-corrected chi connectivity index (χ4v) is 1.34. The first kappa shape index (κ1) is 14.0. The Morgan fingerprint density at radius 3 is 2.56 bits per heavy atom.